The lowest BCUT2D eigenvalue weighted by Gasteiger charge is -2.33. The molecule has 2 saturated heterocycles. The first-order valence-electron chi connectivity index (χ1n) is 12.9. The van der Waals surface area contributed by atoms with Crippen LogP contribution in [0.4, 0.5) is 0 Å². The molecular weight excluding hydrogens is 446 g/mol. The molecule has 34 heavy (non-hydrogen) atoms. The third-order valence-corrected chi connectivity index (χ3v) is 15.0. The normalized spacial score (nSPS) is 29.0. The fourth-order valence-corrected chi connectivity index (χ4v) is 14.0. The molecule has 0 amide bonds. The average molecular weight is 481 g/mol. The van der Waals surface area contributed by atoms with Crippen LogP contribution in [0, 0.1) is 0 Å². The van der Waals surface area contributed by atoms with Gasteiger partial charge in [0.2, 0.25) is 0 Å². The second kappa shape index (κ2) is 9.57. The van der Waals surface area contributed by atoms with Crippen LogP contribution in [0.3, 0.4) is 0 Å². The molecule has 0 spiro atoms. The van der Waals surface area contributed by atoms with Crippen molar-refractivity contribution in [2.75, 3.05) is 0 Å². The second-order valence-electron chi connectivity index (χ2n) is 10.2. The summed E-state index contributed by atoms with van der Waals surface area (Å²) >= 11 is 0. The summed E-state index contributed by atoms with van der Waals surface area (Å²) in [6.45, 7) is 5.05. The van der Waals surface area contributed by atoms with Crippen molar-refractivity contribution in [3.05, 3.63) is 108 Å². The predicted molar refractivity (Wildman–Crippen MR) is 153 cm³/mol. The van der Waals surface area contributed by atoms with Crippen LogP contribution in [0.2, 0.25) is 0 Å². The van der Waals surface area contributed by atoms with Gasteiger partial charge in [0.05, 0.1) is 0 Å². The van der Waals surface area contributed by atoms with Crippen LogP contribution in [0.1, 0.15) is 62.0 Å². The smallest absolute Gasteiger partial charge is 0.00880 e. The molecule has 2 fully saturated rings. The highest BCUT2D eigenvalue weighted by Gasteiger charge is 2.42. The fraction of sp³-hybridized carbons (Fsp3) is 0.312. The molecule has 2 heterocycles. The number of benzene rings is 4. The third kappa shape index (κ3) is 4.04. The molecule has 0 N–H and O–H groups in total. The van der Waals surface area contributed by atoms with Gasteiger partial charge in [0.1, 0.15) is 0 Å². The molecule has 0 aromatic heterocycles. The quantitative estimate of drug-likeness (QED) is 0.256. The highest BCUT2D eigenvalue weighted by Crippen LogP contribution is 2.70. The van der Waals surface area contributed by atoms with Crippen molar-refractivity contribution in [1.82, 2.24) is 0 Å². The minimum absolute atomic E-state index is 0.132. The summed E-state index contributed by atoms with van der Waals surface area (Å²) in [5, 5.41) is 6.31. The van der Waals surface area contributed by atoms with E-state index in [4.69, 9.17) is 0 Å². The Kier molecular flexibility index (Phi) is 6.32. The van der Waals surface area contributed by atoms with Gasteiger partial charge in [0.15, 0.2) is 0 Å². The third-order valence-electron chi connectivity index (χ3n) is 8.10. The summed E-state index contributed by atoms with van der Waals surface area (Å²) < 4.78 is 0. The molecule has 2 heteroatoms. The van der Waals surface area contributed by atoms with Crippen molar-refractivity contribution in [2.24, 2.45) is 0 Å². The number of hydrogen-bond acceptors (Lipinski definition) is 0. The fourth-order valence-electron chi connectivity index (χ4n) is 6.45. The zero-order valence-electron chi connectivity index (χ0n) is 20.3. The molecule has 0 nitrogen and oxygen atoms in total. The van der Waals surface area contributed by atoms with Crippen LogP contribution < -0.4 is 10.6 Å². The standard InChI is InChI=1S/C32H34P2/c1-23-17-18-24(2)33(23)31-21-27-15-9-10-16-28(27)22-32(31)34-29(25-11-5-3-6-12-25)19-20-30(34)26-13-7-4-8-14-26/h3-16,21-24,29-30H,17-20H2,1-2H3. The Labute approximate surface area is 207 Å². The van der Waals surface area contributed by atoms with Crippen LogP contribution in [-0.4, -0.2) is 11.3 Å². The Bertz CT molecular complexity index is 1210. The number of fused-ring (bicyclic) bond motifs is 1. The minimum atomic E-state index is -0.352. The van der Waals surface area contributed by atoms with Gasteiger partial charge in [-0.1, -0.05) is 115 Å². The largest absolute Gasteiger partial charge is 0.0688 e. The van der Waals surface area contributed by atoms with E-state index in [1.165, 1.54) is 36.5 Å². The molecule has 2 aliphatic rings. The molecule has 4 unspecified atom stereocenters. The maximum absolute atomic E-state index is 2.63. The lowest BCUT2D eigenvalue weighted by molar-refractivity contribution is 0.765. The summed E-state index contributed by atoms with van der Waals surface area (Å²) in [5.41, 5.74) is 6.03. The molecule has 0 radical (unpaired) electrons. The van der Waals surface area contributed by atoms with E-state index in [2.05, 4.69) is 111 Å². The molecule has 4 aromatic rings. The Morgan fingerprint density at radius 1 is 0.500 bits per heavy atom. The predicted octanol–water partition coefficient (Wildman–Crippen LogP) is 8.90. The highest BCUT2D eigenvalue weighted by atomic mass is 31.1. The number of rotatable bonds is 4. The van der Waals surface area contributed by atoms with Crippen LogP contribution in [0.5, 0.6) is 0 Å². The van der Waals surface area contributed by atoms with E-state index in [9.17, 15) is 0 Å². The van der Waals surface area contributed by atoms with Crippen molar-refractivity contribution in [3.8, 4) is 0 Å². The average Bonchev–Trinajstić information content (AvgIpc) is 3.47. The van der Waals surface area contributed by atoms with Gasteiger partial charge < -0.3 is 0 Å². The molecule has 6 rings (SSSR count). The molecule has 2 aliphatic heterocycles. The Morgan fingerprint density at radius 2 is 0.912 bits per heavy atom. The van der Waals surface area contributed by atoms with E-state index in [0.717, 1.165) is 11.3 Å². The zero-order valence-corrected chi connectivity index (χ0v) is 22.1. The SMILES string of the molecule is CC1CCC(C)P1c1cc2ccccc2cc1P1C(c2ccccc2)CCC1c1ccccc1. The van der Waals surface area contributed by atoms with Gasteiger partial charge in [-0.15, -0.1) is 0 Å². The maximum Gasteiger partial charge on any atom is 0.00880 e. The molecule has 172 valence electrons. The second-order valence-corrected chi connectivity index (χ2v) is 15.8. The minimum Gasteiger partial charge on any atom is -0.0688 e. The van der Waals surface area contributed by atoms with Crippen molar-refractivity contribution in [2.45, 2.75) is 62.2 Å². The molecule has 0 bridgehead atoms. The summed E-state index contributed by atoms with van der Waals surface area (Å²) in [7, 11) is -0.484. The van der Waals surface area contributed by atoms with Gasteiger partial charge in [-0.25, -0.2) is 0 Å². The van der Waals surface area contributed by atoms with E-state index < -0.39 is 0 Å². The van der Waals surface area contributed by atoms with E-state index in [-0.39, 0.29) is 15.8 Å². The van der Waals surface area contributed by atoms with Gasteiger partial charge in [-0.2, -0.15) is 0 Å². The highest BCUT2D eigenvalue weighted by molar-refractivity contribution is 7.73. The first-order chi connectivity index (χ1) is 16.7. The molecular formula is C32H34P2. The van der Waals surface area contributed by atoms with Crippen LogP contribution >= 0.6 is 15.8 Å². The Hall–Kier alpha value is -2.00. The Morgan fingerprint density at radius 3 is 1.38 bits per heavy atom. The zero-order chi connectivity index (χ0) is 23.1. The molecule has 4 aromatic carbocycles. The van der Waals surface area contributed by atoms with E-state index in [0.29, 0.717) is 11.3 Å². The van der Waals surface area contributed by atoms with Crippen molar-refractivity contribution in [1.29, 1.82) is 0 Å². The van der Waals surface area contributed by atoms with Crippen LogP contribution in [-0.2, 0) is 0 Å². The van der Waals surface area contributed by atoms with E-state index >= 15 is 0 Å². The first-order valence-corrected chi connectivity index (χ1v) is 15.9. The van der Waals surface area contributed by atoms with Gasteiger partial charge in [-0.3, -0.25) is 0 Å². The van der Waals surface area contributed by atoms with Gasteiger partial charge in [0.25, 0.3) is 0 Å². The van der Waals surface area contributed by atoms with Crippen molar-refractivity contribution >= 4 is 37.2 Å². The monoisotopic (exact) mass is 480 g/mol. The summed E-state index contributed by atoms with van der Waals surface area (Å²) in [6.07, 6.45) is 5.37. The van der Waals surface area contributed by atoms with E-state index in [1.54, 1.807) is 21.7 Å². The lowest BCUT2D eigenvalue weighted by Crippen LogP contribution is -2.27. The van der Waals surface area contributed by atoms with E-state index in [1.807, 2.05) is 0 Å². The maximum atomic E-state index is 2.63. The Balaban J connectivity index is 1.57. The van der Waals surface area contributed by atoms with Gasteiger partial charge in [0, 0.05) is 11.3 Å². The van der Waals surface area contributed by atoms with Crippen LogP contribution in [0.15, 0.2) is 97.1 Å². The van der Waals surface area contributed by atoms with Crippen molar-refractivity contribution < 1.29 is 0 Å². The summed E-state index contributed by atoms with van der Waals surface area (Å²) in [5.74, 6) is 0. The number of hydrogen-bond donors (Lipinski definition) is 0. The molecule has 4 atom stereocenters. The van der Waals surface area contributed by atoms with Crippen molar-refractivity contribution in [3.63, 3.8) is 0 Å². The van der Waals surface area contributed by atoms with Crippen LogP contribution in [0.25, 0.3) is 10.8 Å². The summed E-state index contributed by atoms with van der Waals surface area (Å²) in [6, 6.07) is 37.2. The first kappa shape index (κ1) is 22.5. The molecule has 0 aliphatic carbocycles. The molecule has 0 saturated carbocycles. The lowest BCUT2D eigenvalue weighted by atomic mass is 10.0. The van der Waals surface area contributed by atoms with Gasteiger partial charge in [-0.05, 0) is 81.6 Å². The topological polar surface area (TPSA) is 0 Å². The summed E-state index contributed by atoms with van der Waals surface area (Å²) in [4.78, 5) is 0. The van der Waals surface area contributed by atoms with Gasteiger partial charge >= 0.3 is 0 Å².